The van der Waals surface area contributed by atoms with Gasteiger partial charge in [0.15, 0.2) is 5.78 Å². The summed E-state index contributed by atoms with van der Waals surface area (Å²) in [6.45, 7) is 1.59. The van der Waals surface area contributed by atoms with Crippen LogP contribution in [0.1, 0.15) is 36.6 Å². The van der Waals surface area contributed by atoms with Crippen LogP contribution in [0.3, 0.4) is 0 Å². The lowest BCUT2D eigenvalue weighted by Gasteiger charge is -2.51. The van der Waals surface area contributed by atoms with E-state index in [-0.39, 0.29) is 17.7 Å². The molecule has 1 aromatic heterocycles. The standard InChI is InChI=1S/C21H26N2O3/c24-11-19(26)20-15-9-17-21-14(13-3-1-2-4-16(13)22-21)7-8-23(17)10-12(15)5-6-18(20)25/h1-4,12,15,17-18,20,22,24-25H,5-11H2/t12-,15+,17+,18+,20+/m1/s1. The maximum Gasteiger partial charge on any atom is 0.164 e. The number of aliphatic hydroxyl groups excluding tert-OH is 2. The fraction of sp³-hybridized carbons (Fsp3) is 0.571. The quantitative estimate of drug-likeness (QED) is 0.771. The molecule has 0 amide bonds. The summed E-state index contributed by atoms with van der Waals surface area (Å²) in [5, 5.41) is 21.2. The first-order valence-corrected chi connectivity index (χ1v) is 9.82. The predicted octanol–water partition coefficient (Wildman–Crippen LogP) is 2.04. The summed E-state index contributed by atoms with van der Waals surface area (Å²) in [7, 11) is 0. The van der Waals surface area contributed by atoms with Crippen LogP contribution in [0.5, 0.6) is 0 Å². The molecule has 0 bridgehead atoms. The first kappa shape index (κ1) is 16.5. The molecule has 2 fully saturated rings. The van der Waals surface area contributed by atoms with Gasteiger partial charge in [0.1, 0.15) is 6.61 Å². The van der Waals surface area contributed by atoms with E-state index < -0.39 is 18.6 Å². The Hall–Kier alpha value is -1.69. The van der Waals surface area contributed by atoms with Crippen LogP contribution in [0.2, 0.25) is 0 Å². The second-order valence-corrected chi connectivity index (χ2v) is 8.28. The molecule has 0 radical (unpaired) electrons. The lowest BCUT2D eigenvalue weighted by molar-refractivity contribution is -0.139. The summed E-state index contributed by atoms with van der Waals surface area (Å²) in [4.78, 5) is 18.6. The Labute approximate surface area is 153 Å². The summed E-state index contributed by atoms with van der Waals surface area (Å²) in [5.74, 6) is 0.0158. The third kappa shape index (κ3) is 2.38. The van der Waals surface area contributed by atoms with E-state index in [9.17, 15) is 15.0 Å². The molecule has 2 aliphatic heterocycles. The van der Waals surface area contributed by atoms with Gasteiger partial charge in [-0.2, -0.15) is 0 Å². The Morgan fingerprint density at radius 1 is 1.27 bits per heavy atom. The fourth-order valence-electron chi connectivity index (χ4n) is 5.89. The topological polar surface area (TPSA) is 76.6 Å². The Morgan fingerprint density at radius 3 is 2.96 bits per heavy atom. The van der Waals surface area contributed by atoms with Crippen molar-refractivity contribution < 1.29 is 15.0 Å². The van der Waals surface area contributed by atoms with Gasteiger partial charge in [-0.15, -0.1) is 0 Å². The van der Waals surface area contributed by atoms with Crippen molar-refractivity contribution in [3.63, 3.8) is 0 Å². The van der Waals surface area contributed by atoms with Gasteiger partial charge >= 0.3 is 0 Å². The number of aromatic nitrogens is 1. The summed E-state index contributed by atoms with van der Waals surface area (Å²) in [5.41, 5.74) is 3.90. The smallest absolute Gasteiger partial charge is 0.164 e. The third-order valence-corrected chi connectivity index (χ3v) is 7.08. The van der Waals surface area contributed by atoms with Crippen LogP contribution >= 0.6 is 0 Å². The highest BCUT2D eigenvalue weighted by Gasteiger charge is 2.48. The minimum atomic E-state index is -0.603. The van der Waals surface area contributed by atoms with Crippen molar-refractivity contribution in [2.24, 2.45) is 17.8 Å². The largest absolute Gasteiger partial charge is 0.392 e. The van der Waals surface area contributed by atoms with Gasteiger partial charge in [-0.3, -0.25) is 9.69 Å². The maximum absolute atomic E-state index is 12.3. The summed E-state index contributed by atoms with van der Waals surface area (Å²) >= 11 is 0. The van der Waals surface area contributed by atoms with E-state index in [1.54, 1.807) is 0 Å². The first-order valence-electron chi connectivity index (χ1n) is 9.82. The molecule has 138 valence electrons. The van der Waals surface area contributed by atoms with Crippen LogP contribution in [0.25, 0.3) is 10.9 Å². The number of benzene rings is 1. The maximum atomic E-state index is 12.3. The van der Waals surface area contributed by atoms with Crippen LogP contribution < -0.4 is 0 Å². The molecule has 5 nitrogen and oxygen atoms in total. The lowest BCUT2D eigenvalue weighted by Crippen LogP contribution is -2.53. The van der Waals surface area contributed by atoms with Crippen LogP contribution in [-0.2, 0) is 11.2 Å². The molecule has 2 aromatic rings. The molecule has 5 atom stereocenters. The van der Waals surface area contributed by atoms with Crippen molar-refractivity contribution in [2.75, 3.05) is 19.7 Å². The number of fused-ring (bicyclic) bond motifs is 6. The molecule has 26 heavy (non-hydrogen) atoms. The van der Waals surface area contributed by atoms with Crippen molar-refractivity contribution in [2.45, 2.75) is 37.8 Å². The van der Waals surface area contributed by atoms with Crippen LogP contribution in [0.15, 0.2) is 24.3 Å². The summed E-state index contributed by atoms with van der Waals surface area (Å²) in [6.07, 6.45) is 3.00. The van der Waals surface area contributed by atoms with Gasteiger partial charge in [0.25, 0.3) is 0 Å². The summed E-state index contributed by atoms with van der Waals surface area (Å²) in [6, 6.07) is 8.76. The number of nitrogens with one attached hydrogen (secondary N) is 1. The zero-order valence-corrected chi connectivity index (χ0v) is 14.9. The SMILES string of the molecule is O=C(CO)[C@H]1[C@H]2C[C@H]3c4[nH]c5ccccc5c4CCN3C[C@H]2CC[C@@H]1O. The normalized spacial score (nSPS) is 34.2. The van der Waals surface area contributed by atoms with Gasteiger partial charge in [0.05, 0.1) is 12.1 Å². The van der Waals surface area contributed by atoms with E-state index in [1.165, 1.54) is 22.2 Å². The minimum absolute atomic E-state index is 0.164. The second-order valence-electron chi connectivity index (χ2n) is 8.28. The number of carbonyl (C=O) groups excluding carboxylic acids is 1. The molecule has 1 saturated carbocycles. The molecule has 0 spiro atoms. The number of Topliss-reactive ketones (excluding diaryl/α,β-unsaturated/α-hetero) is 1. The highest BCUT2D eigenvalue weighted by molar-refractivity contribution is 5.85. The van der Waals surface area contributed by atoms with Gasteiger partial charge in [-0.1, -0.05) is 18.2 Å². The number of hydrogen-bond donors (Lipinski definition) is 3. The highest BCUT2D eigenvalue weighted by atomic mass is 16.3. The van der Waals surface area contributed by atoms with Gasteiger partial charge < -0.3 is 15.2 Å². The van der Waals surface area contributed by atoms with Crippen molar-refractivity contribution in [3.05, 3.63) is 35.5 Å². The molecule has 5 rings (SSSR count). The van der Waals surface area contributed by atoms with Crippen LogP contribution in [0.4, 0.5) is 0 Å². The molecular formula is C21H26N2O3. The Balaban J connectivity index is 1.52. The molecular weight excluding hydrogens is 328 g/mol. The molecule has 3 heterocycles. The van der Waals surface area contributed by atoms with Crippen molar-refractivity contribution in [1.29, 1.82) is 0 Å². The highest BCUT2D eigenvalue weighted by Crippen LogP contribution is 2.49. The van der Waals surface area contributed by atoms with Crippen molar-refractivity contribution in [3.8, 4) is 0 Å². The number of rotatable bonds is 2. The third-order valence-electron chi connectivity index (χ3n) is 7.08. The Kier molecular flexibility index (Phi) is 3.92. The zero-order valence-electron chi connectivity index (χ0n) is 14.9. The molecule has 0 unspecified atom stereocenters. The number of carbonyl (C=O) groups is 1. The average Bonchev–Trinajstić information content (AvgIpc) is 3.05. The van der Waals surface area contributed by atoms with Crippen molar-refractivity contribution in [1.82, 2.24) is 9.88 Å². The number of nitrogens with zero attached hydrogens (tertiary/aromatic N) is 1. The molecule has 3 N–H and O–H groups in total. The van der Waals surface area contributed by atoms with Crippen LogP contribution in [-0.4, -0.2) is 51.7 Å². The predicted molar refractivity (Wildman–Crippen MR) is 98.7 cm³/mol. The molecule has 1 aliphatic carbocycles. The number of aliphatic hydroxyl groups is 2. The molecule has 5 heteroatoms. The monoisotopic (exact) mass is 354 g/mol. The van der Waals surface area contributed by atoms with Gasteiger partial charge in [0.2, 0.25) is 0 Å². The van der Waals surface area contributed by atoms with E-state index in [2.05, 4.69) is 34.1 Å². The number of para-hydroxylation sites is 1. The molecule has 1 aromatic carbocycles. The zero-order chi connectivity index (χ0) is 17.8. The Morgan fingerprint density at radius 2 is 2.12 bits per heavy atom. The number of aromatic amines is 1. The van der Waals surface area contributed by atoms with E-state index in [0.717, 1.165) is 32.4 Å². The Bertz CT molecular complexity index is 845. The minimum Gasteiger partial charge on any atom is -0.392 e. The fourth-order valence-corrected chi connectivity index (χ4v) is 5.89. The lowest BCUT2D eigenvalue weighted by atomic mass is 9.63. The second kappa shape index (κ2) is 6.19. The number of H-pyrrole nitrogens is 1. The van der Waals surface area contributed by atoms with E-state index >= 15 is 0 Å². The van der Waals surface area contributed by atoms with Gasteiger partial charge in [-0.25, -0.2) is 0 Å². The van der Waals surface area contributed by atoms with Gasteiger partial charge in [-0.05, 0) is 49.1 Å². The summed E-state index contributed by atoms with van der Waals surface area (Å²) < 4.78 is 0. The molecule has 1 saturated heterocycles. The van der Waals surface area contributed by atoms with Crippen molar-refractivity contribution >= 4 is 16.7 Å². The van der Waals surface area contributed by atoms with E-state index in [0.29, 0.717) is 12.3 Å². The first-order chi connectivity index (χ1) is 12.7. The van der Waals surface area contributed by atoms with Gasteiger partial charge in [0, 0.05) is 35.6 Å². The van der Waals surface area contributed by atoms with E-state index in [1.807, 2.05) is 0 Å². The number of hydrogen-bond acceptors (Lipinski definition) is 4. The van der Waals surface area contributed by atoms with E-state index in [4.69, 9.17) is 0 Å². The average molecular weight is 354 g/mol. The number of ketones is 1. The molecule has 3 aliphatic rings. The van der Waals surface area contributed by atoms with Crippen LogP contribution in [0, 0.1) is 17.8 Å². The number of piperidine rings is 1.